The number of carbonyl (C=O) groups is 1. The largest absolute Gasteiger partial charge is 0.394 e. The van der Waals surface area contributed by atoms with Crippen LogP contribution in [0.3, 0.4) is 0 Å². The summed E-state index contributed by atoms with van der Waals surface area (Å²) in [5, 5.41) is 53.0. The number of Topliss-reactive ketones (excluding diaryl/α,β-unsaturated/α-hetero) is 1. The normalized spacial score (nSPS) is 23.1. The van der Waals surface area contributed by atoms with Crippen LogP contribution in [0, 0.1) is 0 Å². The second-order valence-electron chi connectivity index (χ2n) is 2.71. The lowest BCUT2D eigenvalue weighted by molar-refractivity contribution is -0.149. The van der Waals surface area contributed by atoms with Crippen LogP contribution in [0.1, 0.15) is 1.37 Å². The zero-order valence-electron chi connectivity index (χ0n) is 8.19. The Bertz CT molecular complexity index is 210. The van der Waals surface area contributed by atoms with Crippen LogP contribution >= 0.6 is 0 Å². The first-order valence-corrected chi connectivity index (χ1v) is 3.80. The third kappa shape index (κ3) is 3.29. The fraction of sp³-hybridized carbons (Fsp3) is 0.857. The Kier molecular flexibility index (Phi) is 4.94. The Balaban J connectivity index is 4.43. The monoisotopic (exact) mass is 211 g/mol. The molecule has 0 aromatic rings. The van der Waals surface area contributed by atoms with Crippen molar-refractivity contribution in [2.45, 2.75) is 24.4 Å². The topological polar surface area (TPSA) is 138 Å². The van der Waals surface area contributed by atoms with E-state index in [2.05, 4.69) is 0 Å². The van der Waals surface area contributed by atoms with Gasteiger partial charge in [-0.1, -0.05) is 0 Å². The molecule has 6 N–H and O–H groups in total. The van der Waals surface area contributed by atoms with Gasteiger partial charge in [-0.05, 0) is 0 Å². The fourth-order valence-corrected chi connectivity index (χ4v) is 0.767. The van der Waals surface area contributed by atoms with Crippen LogP contribution in [-0.2, 0) is 4.79 Å². The summed E-state index contributed by atoms with van der Waals surface area (Å²) >= 11 is 0. The summed E-state index contributed by atoms with van der Waals surface area (Å²) in [6.45, 7) is -3.11. The third-order valence-corrected chi connectivity index (χ3v) is 1.67. The van der Waals surface area contributed by atoms with Crippen LogP contribution < -0.4 is 0 Å². The Morgan fingerprint density at radius 3 is 2.00 bits per heavy atom. The minimum atomic E-state index is -2.24. The van der Waals surface area contributed by atoms with Crippen LogP contribution in [-0.4, -0.2) is 74.0 Å². The van der Waals surface area contributed by atoms with Gasteiger partial charge in [-0.2, -0.15) is 0 Å². The van der Waals surface area contributed by atoms with Crippen molar-refractivity contribution in [1.29, 1.82) is 0 Å². The van der Waals surface area contributed by atoms with E-state index in [4.69, 9.17) is 32.0 Å². The highest BCUT2D eigenvalue weighted by Crippen LogP contribution is 2.05. The Morgan fingerprint density at radius 2 is 1.64 bits per heavy atom. The van der Waals surface area contributed by atoms with Crippen LogP contribution in [0.5, 0.6) is 0 Å². The van der Waals surface area contributed by atoms with Crippen molar-refractivity contribution in [1.82, 2.24) is 0 Å². The summed E-state index contributed by atoms with van der Waals surface area (Å²) in [7, 11) is 0. The fourth-order valence-electron chi connectivity index (χ4n) is 0.767. The van der Waals surface area contributed by atoms with Crippen molar-refractivity contribution >= 4 is 5.78 Å². The maximum absolute atomic E-state index is 10.8. The van der Waals surface area contributed by atoms with Crippen molar-refractivity contribution in [2.24, 2.45) is 0 Å². The van der Waals surface area contributed by atoms with Crippen molar-refractivity contribution < 1.29 is 36.8 Å². The van der Waals surface area contributed by atoms with Gasteiger partial charge in [0.15, 0.2) is 5.78 Å². The lowest BCUT2D eigenvalue weighted by atomic mass is 10.0. The molecule has 0 aliphatic carbocycles. The zero-order valence-corrected chi connectivity index (χ0v) is 7.19. The number of rotatable bonds is 6. The number of aliphatic hydroxyl groups is 6. The molecule has 0 aliphatic heterocycles. The Hall–Kier alpha value is -0.570. The molecular weight excluding hydrogens is 196 g/mol. The molecule has 0 saturated heterocycles. The predicted octanol–water partition coefficient (Wildman–Crippen LogP) is -4.02. The first-order valence-electron chi connectivity index (χ1n) is 4.37. The molecule has 84 valence electrons. The molecule has 7 heteroatoms. The number of hydrogen-bond donors (Lipinski definition) is 6. The Morgan fingerprint density at radius 1 is 1.14 bits per heavy atom. The molecule has 0 bridgehead atoms. The van der Waals surface area contributed by atoms with Crippen LogP contribution in [0.15, 0.2) is 0 Å². The molecule has 0 aromatic carbocycles. The average Bonchev–Trinajstić information content (AvgIpc) is 2.23. The molecule has 0 radical (unpaired) electrons. The van der Waals surface area contributed by atoms with E-state index in [1.54, 1.807) is 0 Å². The second-order valence-corrected chi connectivity index (χ2v) is 2.71. The van der Waals surface area contributed by atoms with E-state index in [-0.39, 0.29) is 0 Å². The lowest BCUT2D eigenvalue weighted by Gasteiger charge is -2.24. The van der Waals surface area contributed by atoms with Gasteiger partial charge in [-0.3, -0.25) is 4.79 Å². The molecule has 0 spiro atoms. The first-order chi connectivity index (χ1) is 6.82. The van der Waals surface area contributed by atoms with E-state index >= 15 is 0 Å². The van der Waals surface area contributed by atoms with E-state index in [0.29, 0.717) is 0 Å². The molecular formula is C7H14O7. The smallest absolute Gasteiger partial charge is 0.189 e. The van der Waals surface area contributed by atoms with Gasteiger partial charge in [0.25, 0.3) is 0 Å². The van der Waals surface area contributed by atoms with Gasteiger partial charge in [-0.15, -0.1) is 0 Å². The molecule has 14 heavy (non-hydrogen) atoms. The van der Waals surface area contributed by atoms with E-state index in [1.807, 2.05) is 0 Å². The van der Waals surface area contributed by atoms with Gasteiger partial charge in [0.1, 0.15) is 31.0 Å². The third-order valence-electron chi connectivity index (χ3n) is 1.67. The molecule has 7 nitrogen and oxygen atoms in total. The Labute approximate surface area is 81.3 Å². The molecule has 0 aromatic heterocycles. The standard InChI is InChI=1S/C7H14O7/c8-1-3(10)5(12)7(14)6(13)4(11)2-9/h3,5-10,12-14H,1-2H2/t3-,5-,6-,7-/m1/s1/i2D/t2?,3-,5-,6-,7-. The zero-order chi connectivity index (χ0) is 12.2. The minimum Gasteiger partial charge on any atom is -0.394 e. The summed E-state index contributed by atoms with van der Waals surface area (Å²) in [4.78, 5) is 10.8. The molecule has 0 heterocycles. The molecule has 0 aliphatic rings. The number of carbonyl (C=O) groups excluding carboxylic acids is 1. The molecule has 0 saturated carbocycles. The maximum Gasteiger partial charge on any atom is 0.189 e. The van der Waals surface area contributed by atoms with E-state index in [9.17, 15) is 4.79 Å². The minimum absolute atomic E-state index is 0.872. The molecule has 0 rings (SSSR count). The SMILES string of the molecule is [2H]C(O)C(=O)[C@@H](O)[C@H](O)[C@H](O)[C@H](O)CO. The summed E-state index contributed by atoms with van der Waals surface area (Å²) in [6, 6.07) is 0. The highest BCUT2D eigenvalue weighted by Gasteiger charge is 2.33. The summed E-state index contributed by atoms with van der Waals surface area (Å²) in [5.41, 5.74) is 0. The van der Waals surface area contributed by atoms with Gasteiger partial charge in [0.05, 0.1) is 7.98 Å². The van der Waals surface area contributed by atoms with Crippen molar-refractivity contribution in [3.8, 4) is 0 Å². The van der Waals surface area contributed by atoms with Gasteiger partial charge in [0, 0.05) is 0 Å². The maximum atomic E-state index is 10.8. The number of ketones is 1. The van der Waals surface area contributed by atoms with Crippen molar-refractivity contribution in [2.75, 3.05) is 13.2 Å². The molecule has 0 fully saturated rings. The lowest BCUT2D eigenvalue weighted by Crippen LogP contribution is -2.49. The van der Waals surface area contributed by atoms with E-state index < -0.39 is 43.4 Å². The van der Waals surface area contributed by atoms with E-state index in [0.717, 1.165) is 0 Å². The summed E-state index contributed by atoms with van der Waals surface area (Å²) < 4.78 is 6.54. The number of hydrogen-bond acceptors (Lipinski definition) is 7. The summed E-state index contributed by atoms with van der Waals surface area (Å²) in [6.07, 6.45) is -7.97. The highest BCUT2D eigenvalue weighted by molar-refractivity contribution is 5.84. The number of aliphatic hydroxyl groups excluding tert-OH is 6. The predicted molar refractivity (Wildman–Crippen MR) is 43.2 cm³/mol. The van der Waals surface area contributed by atoms with Crippen LogP contribution in [0.25, 0.3) is 0 Å². The second kappa shape index (κ2) is 6.02. The average molecular weight is 211 g/mol. The van der Waals surface area contributed by atoms with E-state index in [1.165, 1.54) is 0 Å². The molecule has 1 unspecified atom stereocenters. The molecule has 5 atom stereocenters. The van der Waals surface area contributed by atoms with Crippen molar-refractivity contribution in [3.63, 3.8) is 0 Å². The van der Waals surface area contributed by atoms with Gasteiger partial charge < -0.3 is 30.6 Å². The van der Waals surface area contributed by atoms with Crippen LogP contribution in [0.2, 0.25) is 0 Å². The molecule has 0 amide bonds. The quantitative estimate of drug-likeness (QED) is 0.263. The van der Waals surface area contributed by atoms with Gasteiger partial charge in [-0.25, -0.2) is 0 Å². The summed E-state index contributed by atoms with van der Waals surface area (Å²) in [5.74, 6) is -1.41. The van der Waals surface area contributed by atoms with Crippen LogP contribution in [0.4, 0.5) is 0 Å². The van der Waals surface area contributed by atoms with Gasteiger partial charge in [0.2, 0.25) is 0 Å². The van der Waals surface area contributed by atoms with Gasteiger partial charge >= 0.3 is 0 Å². The van der Waals surface area contributed by atoms with Crippen molar-refractivity contribution in [3.05, 3.63) is 0 Å². The first kappa shape index (κ1) is 11.5. The highest BCUT2D eigenvalue weighted by atomic mass is 16.4.